The number of anilines is 1. The molecule has 248 valence electrons. The fourth-order valence-electron chi connectivity index (χ4n) is 6.46. The molecule has 1 amide bonds. The summed E-state index contributed by atoms with van der Waals surface area (Å²) in [7, 11) is 1.52. The minimum absolute atomic E-state index is 0.0791. The first kappa shape index (κ1) is 34.0. The molecular formula is C36H40ClN3O7. The molecule has 1 aromatic heterocycles. The number of aryl methyl sites for hydroxylation is 1. The number of hydrogen-bond donors (Lipinski definition) is 6. The third-order valence-electron chi connectivity index (χ3n) is 9.06. The van der Waals surface area contributed by atoms with Crippen LogP contribution < -0.4 is 20.9 Å². The minimum atomic E-state index is -0.930. The molecule has 0 spiro atoms. The van der Waals surface area contributed by atoms with Gasteiger partial charge in [0.2, 0.25) is 11.5 Å². The zero-order valence-corrected chi connectivity index (χ0v) is 27.0. The first-order chi connectivity index (χ1) is 22.6. The van der Waals surface area contributed by atoms with Crippen LogP contribution in [0.4, 0.5) is 5.69 Å². The predicted octanol–water partition coefficient (Wildman–Crippen LogP) is 5.97. The van der Waals surface area contributed by atoms with Gasteiger partial charge >= 0.3 is 5.97 Å². The van der Waals surface area contributed by atoms with E-state index in [0.717, 1.165) is 36.0 Å². The van der Waals surface area contributed by atoms with E-state index >= 15 is 0 Å². The van der Waals surface area contributed by atoms with E-state index in [4.69, 9.17) is 16.3 Å². The standard InChI is InChI=1S/C36H40ClN3O7/c1-47-31-19-28(39-32(43)7-5-6-22-8-10-24(11-9-22)36(35(45)46)16-3-2-4-17-36)27(37)18-23(31)20-38-21-30(42)25-12-14-29(41)34-26(25)13-15-33(44)40-34/h8-15,18-19,30,38,41-42H,2-7,16-17,20-21H2,1H3,(H,39,43)(H,40,44)(H,45,46)/t30-/m0/s1. The second kappa shape index (κ2) is 15.0. The number of ether oxygens (including phenoxy) is 1. The fraction of sp³-hybridized carbons (Fsp3) is 0.361. The van der Waals surface area contributed by atoms with Gasteiger partial charge in [-0.2, -0.15) is 0 Å². The van der Waals surface area contributed by atoms with Crippen molar-refractivity contribution in [2.24, 2.45) is 0 Å². The van der Waals surface area contributed by atoms with Gasteiger partial charge in [0.25, 0.3) is 0 Å². The quantitative estimate of drug-likeness (QED) is 0.102. The van der Waals surface area contributed by atoms with Gasteiger partial charge in [-0.3, -0.25) is 14.4 Å². The number of aliphatic hydroxyl groups excluding tert-OH is 1. The Morgan fingerprint density at radius 3 is 2.49 bits per heavy atom. The van der Waals surface area contributed by atoms with Crippen LogP contribution in [-0.4, -0.2) is 45.8 Å². The zero-order chi connectivity index (χ0) is 33.6. The molecule has 3 aromatic carbocycles. The highest BCUT2D eigenvalue weighted by atomic mass is 35.5. The Labute approximate surface area is 277 Å². The molecule has 1 atom stereocenters. The van der Waals surface area contributed by atoms with E-state index in [1.54, 1.807) is 24.3 Å². The van der Waals surface area contributed by atoms with Crippen LogP contribution in [0.2, 0.25) is 5.02 Å². The number of aliphatic hydroxyl groups is 1. The summed E-state index contributed by atoms with van der Waals surface area (Å²) in [6, 6.07) is 17.1. The molecular weight excluding hydrogens is 622 g/mol. The first-order valence-corrected chi connectivity index (χ1v) is 16.2. The van der Waals surface area contributed by atoms with Crippen molar-refractivity contribution >= 4 is 40.1 Å². The Kier molecular flexibility index (Phi) is 10.9. The number of carboxylic acid groups (broad SMARTS) is 1. The van der Waals surface area contributed by atoms with Gasteiger partial charge in [0.1, 0.15) is 11.5 Å². The second-order valence-electron chi connectivity index (χ2n) is 12.1. The Hall–Kier alpha value is -4.38. The van der Waals surface area contributed by atoms with Gasteiger partial charge in [-0.25, -0.2) is 0 Å². The number of aromatic nitrogens is 1. The molecule has 4 aromatic rings. The number of carboxylic acids is 1. The summed E-state index contributed by atoms with van der Waals surface area (Å²) in [5.74, 6) is -0.505. The number of aromatic amines is 1. The highest BCUT2D eigenvalue weighted by Gasteiger charge is 2.41. The third-order valence-corrected chi connectivity index (χ3v) is 9.37. The summed E-state index contributed by atoms with van der Waals surface area (Å²) in [5, 5.41) is 37.9. The maximum Gasteiger partial charge on any atom is 0.314 e. The van der Waals surface area contributed by atoms with Crippen LogP contribution in [0.25, 0.3) is 10.9 Å². The molecule has 0 saturated heterocycles. The first-order valence-electron chi connectivity index (χ1n) is 15.8. The van der Waals surface area contributed by atoms with Crippen molar-refractivity contribution in [3.63, 3.8) is 0 Å². The van der Waals surface area contributed by atoms with Crippen LogP contribution in [-0.2, 0) is 28.0 Å². The summed E-state index contributed by atoms with van der Waals surface area (Å²) in [4.78, 5) is 39.2. The Morgan fingerprint density at radius 1 is 1.04 bits per heavy atom. The van der Waals surface area contributed by atoms with Crippen LogP contribution in [0.1, 0.15) is 73.3 Å². The minimum Gasteiger partial charge on any atom is -0.506 e. The number of phenolic OH excluding ortho intramolecular Hbond substituents is 1. The lowest BCUT2D eigenvalue weighted by Gasteiger charge is -2.33. The lowest BCUT2D eigenvalue weighted by molar-refractivity contribution is -0.145. The highest BCUT2D eigenvalue weighted by molar-refractivity contribution is 6.33. The number of H-pyrrole nitrogens is 1. The Balaban J connectivity index is 1.13. The number of amides is 1. The van der Waals surface area contributed by atoms with E-state index < -0.39 is 17.5 Å². The normalized spacial score (nSPS) is 14.9. The second-order valence-corrected chi connectivity index (χ2v) is 12.5. The van der Waals surface area contributed by atoms with Crippen LogP contribution in [0.5, 0.6) is 11.5 Å². The number of carbonyl (C=O) groups excluding carboxylic acids is 1. The molecule has 0 radical (unpaired) electrons. The SMILES string of the molecule is COc1cc(NC(=O)CCCc2ccc(C3(C(=O)O)CCCCC3)cc2)c(Cl)cc1CNC[C@H](O)c1ccc(O)c2[nH]c(=O)ccc12. The molecule has 10 nitrogen and oxygen atoms in total. The molecule has 0 aliphatic heterocycles. The number of phenols is 1. The predicted molar refractivity (Wildman–Crippen MR) is 181 cm³/mol. The number of fused-ring (bicyclic) bond motifs is 1. The topological polar surface area (TPSA) is 161 Å². The van der Waals surface area contributed by atoms with Crippen molar-refractivity contribution < 1.29 is 29.6 Å². The van der Waals surface area contributed by atoms with Crippen molar-refractivity contribution in [3.8, 4) is 11.5 Å². The van der Waals surface area contributed by atoms with Gasteiger partial charge in [-0.1, -0.05) is 61.2 Å². The molecule has 47 heavy (non-hydrogen) atoms. The van der Waals surface area contributed by atoms with Crippen molar-refractivity contribution in [1.82, 2.24) is 10.3 Å². The summed E-state index contributed by atoms with van der Waals surface area (Å²) >= 11 is 6.53. The lowest BCUT2D eigenvalue weighted by atomic mass is 9.69. The molecule has 11 heteroatoms. The molecule has 0 unspecified atom stereocenters. The number of methoxy groups -OCH3 is 1. The molecule has 1 aliphatic rings. The van der Waals surface area contributed by atoms with Crippen LogP contribution in [0.15, 0.2) is 65.5 Å². The number of hydrogen-bond acceptors (Lipinski definition) is 7. The van der Waals surface area contributed by atoms with E-state index in [0.29, 0.717) is 59.6 Å². The molecule has 1 aliphatic carbocycles. The number of benzene rings is 3. The van der Waals surface area contributed by atoms with Gasteiger partial charge in [0, 0.05) is 42.6 Å². The average Bonchev–Trinajstić information content (AvgIpc) is 3.06. The van der Waals surface area contributed by atoms with E-state index in [1.807, 2.05) is 24.3 Å². The van der Waals surface area contributed by atoms with Gasteiger partial charge in [0.05, 0.1) is 34.9 Å². The van der Waals surface area contributed by atoms with Gasteiger partial charge in [-0.15, -0.1) is 0 Å². The maximum absolute atomic E-state index is 12.8. The number of pyridine rings is 1. The molecule has 0 bridgehead atoms. The summed E-state index contributed by atoms with van der Waals surface area (Å²) < 4.78 is 5.55. The van der Waals surface area contributed by atoms with E-state index in [9.17, 15) is 29.7 Å². The molecule has 5 rings (SSSR count). The molecule has 6 N–H and O–H groups in total. The van der Waals surface area contributed by atoms with Crippen molar-refractivity contribution in [3.05, 3.63) is 98.3 Å². The van der Waals surface area contributed by atoms with E-state index in [-0.39, 0.29) is 35.7 Å². The van der Waals surface area contributed by atoms with Crippen LogP contribution in [0, 0.1) is 0 Å². The van der Waals surface area contributed by atoms with Crippen molar-refractivity contribution in [2.75, 3.05) is 19.0 Å². The summed E-state index contributed by atoms with van der Waals surface area (Å²) in [6.07, 6.45) is 4.90. The van der Waals surface area contributed by atoms with Crippen LogP contribution >= 0.6 is 11.6 Å². The third kappa shape index (κ3) is 7.78. The molecule has 1 saturated carbocycles. The Bertz CT molecular complexity index is 1800. The van der Waals surface area contributed by atoms with E-state index in [2.05, 4.69) is 15.6 Å². The number of carbonyl (C=O) groups is 2. The van der Waals surface area contributed by atoms with Gasteiger partial charge in [0.15, 0.2) is 0 Å². The smallest absolute Gasteiger partial charge is 0.314 e. The Morgan fingerprint density at radius 2 is 1.79 bits per heavy atom. The molecule has 1 fully saturated rings. The number of aromatic hydroxyl groups is 1. The fourth-order valence-corrected chi connectivity index (χ4v) is 6.69. The average molecular weight is 662 g/mol. The number of halogens is 1. The van der Waals surface area contributed by atoms with Gasteiger partial charge < -0.3 is 35.7 Å². The van der Waals surface area contributed by atoms with Crippen molar-refractivity contribution in [1.29, 1.82) is 0 Å². The van der Waals surface area contributed by atoms with Gasteiger partial charge in [-0.05, 0) is 60.6 Å². The number of rotatable bonds is 13. The van der Waals surface area contributed by atoms with E-state index in [1.165, 1.54) is 19.2 Å². The summed E-state index contributed by atoms with van der Waals surface area (Å²) in [5.41, 5.74) is 2.72. The van der Waals surface area contributed by atoms with Crippen LogP contribution in [0.3, 0.4) is 0 Å². The maximum atomic E-state index is 12.8. The van der Waals surface area contributed by atoms with Crippen molar-refractivity contribution in [2.45, 2.75) is 69.4 Å². The number of aliphatic carboxylic acids is 1. The monoisotopic (exact) mass is 661 g/mol. The largest absolute Gasteiger partial charge is 0.506 e. The summed E-state index contributed by atoms with van der Waals surface area (Å²) in [6.45, 7) is 0.481. The lowest BCUT2D eigenvalue weighted by Crippen LogP contribution is -2.37. The molecule has 1 heterocycles. The highest BCUT2D eigenvalue weighted by Crippen LogP contribution is 2.40. The zero-order valence-electron chi connectivity index (χ0n) is 26.3. The number of nitrogens with one attached hydrogen (secondary N) is 3.